The van der Waals surface area contributed by atoms with Crippen LogP contribution in [0.25, 0.3) is 0 Å². The highest BCUT2D eigenvalue weighted by Gasteiger charge is 2.21. The molecule has 0 rings (SSSR count). The second kappa shape index (κ2) is 8.85. The van der Waals surface area contributed by atoms with Crippen molar-refractivity contribution < 1.29 is 13.5 Å². The van der Waals surface area contributed by atoms with Crippen LogP contribution in [0.15, 0.2) is 0 Å². The first-order valence-corrected chi connectivity index (χ1v) is 8.20. The van der Waals surface area contributed by atoms with Crippen LogP contribution in [0.1, 0.15) is 47.0 Å². The Bertz CT molecular complexity index is 298. The normalized spacial score (nSPS) is 14.4. The van der Waals surface area contributed by atoms with Gasteiger partial charge in [-0.25, -0.2) is 0 Å². The predicted octanol–water partition coefficient (Wildman–Crippen LogP) is 1.35. The van der Waals surface area contributed by atoms with Crippen LogP contribution in [-0.4, -0.2) is 43.6 Å². The van der Waals surface area contributed by atoms with Crippen LogP contribution in [-0.2, 0) is 10.2 Å². The van der Waals surface area contributed by atoms with Crippen molar-refractivity contribution in [2.24, 2.45) is 5.92 Å². The van der Waals surface area contributed by atoms with E-state index in [1.54, 1.807) is 0 Å². The zero-order chi connectivity index (χ0) is 14.2. The van der Waals surface area contributed by atoms with Gasteiger partial charge in [0.1, 0.15) is 0 Å². The van der Waals surface area contributed by atoms with Crippen molar-refractivity contribution in [2.75, 3.05) is 19.6 Å². The van der Waals surface area contributed by atoms with Gasteiger partial charge in [0, 0.05) is 19.6 Å². The summed E-state index contributed by atoms with van der Waals surface area (Å²) in [6.07, 6.45) is 1.56. The Kier molecular flexibility index (Phi) is 8.77. The summed E-state index contributed by atoms with van der Waals surface area (Å²) in [6.45, 7) is 9.02. The third kappa shape index (κ3) is 7.31. The molecule has 110 valence electrons. The molecule has 2 N–H and O–H groups in total. The summed E-state index contributed by atoms with van der Waals surface area (Å²) in [7, 11) is -3.45. The lowest BCUT2D eigenvalue weighted by molar-refractivity contribution is 0.152. The van der Waals surface area contributed by atoms with Crippen LogP contribution in [0.4, 0.5) is 0 Å². The third-order valence-corrected chi connectivity index (χ3v) is 4.11. The van der Waals surface area contributed by atoms with Crippen molar-refractivity contribution in [3.63, 3.8) is 0 Å². The number of rotatable bonds is 10. The fraction of sp³-hybridized carbons (Fsp3) is 1.00. The average molecular weight is 280 g/mol. The van der Waals surface area contributed by atoms with Gasteiger partial charge in [-0.1, -0.05) is 27.7 Å². The van der Waals surface area contributed by atoms with Crippen molar-refractivity contribution in [1.29, 1.82) is 0 Å². The third-order valence-electron chi connectivity index (χ3n) is 2.53. The molecule has 0 aliphatic carbocycles. The number of hydrogen-bond donors (Lipinski definition) is 2. The summed E-state index contributed by atoms with van der Waals surface area (Å²) in [6, 6.07) is 0. The van der Waals surface area contributed by atoms with Crippen molar-refractivity contribution in [3.05, 3.63) is 0 Å². The smallest absolute Gasteiger partial charge is 0.279 e. The van der Waals surface area contributed by atoms with Gasteiger partial charge in [-0.2, -0.15) is 17.4 Å². The lowest BCUT2D eigenvalue weighted by atomic mass is 10.1. The summed E-state index contributed by atoms with van der Waals surface area (Å²) in [4.78, 5) is 0. The Balaban J connectivity index is 4.34. The van der Waals surface area contributed by atoms with Gasteiger partial charge in [0.15, 0.2) is 0 Å². The molecule has 0 fully saturated rings. The number of nitrogens with zero attached hydrogens (tertiary/aromatic N) is 1. The van der Waals surface area contributed by atoms with Crippen LogP contribution in [0.2, 0.25) is 0 Å². The van der Waals surface area contributed by atoms with E-state index in [1.165, 1.54) is 4.31 Å². The van der Waals surface area contributed by atoms with E-state index in [-0.39, 0.29) is 6.54 Å². The summed E-state index contributed by atoms with van der Waals surface area (Å²) in [5, 5.41) is 9.68. The SMILES string of the molecule is CCCN(CCC)S(=O)(=O)NCC(O)CC(C)C. The average Bonchev–Trinajstić information content (AvgIpc) is 2.25. The molecule has 0 radical (unpaired) electrons. The van der Waals surface area contributed by atoms with Gasteiger partial charge in [0.2, 0.25) is 0 Å². The molecule has 0 spiro atoms. The maximum atomic E-state index is 12.0. The number of aliphatic hydroxyl groups excluding tert-OH is 1. The Morgan fingerprint density at radius 3 is 2.06 bits per heavy atom. The summed E-state index contributed by atoms with van der Waals surface area (Å²) >= 11 is 0. The quantitative estimate of drug-likeness (QED) is 0.634. The van der Waals surface area contributed by atoms with Crippen molar-refractivity contribution in [1.82, 2.24) is 9.03 Å². The first-order chi connectivity index (χ1) is 8.33. The van der Waals surface area contributed by atoms with Crippen LogP contribution in [0.3, 0.4) is 0 Å². The van der Waals surface area contributed by atoms with Gasteiger partial charge >= 0.3 is 0 Å². The van der Waals surface area contributed by atoms with E-state index in [0.29, 0.717) is 25.4 Å². The maximum Gasteiger partial charge on any atom is 0.279 e. The second-order valence-electron chi connectivity index (χ2n) is 5.04. The minimum atomic E-state index is -3.45. The van der Waals surface area contributed by atoms with Crippen LogP contribution in [0, 0.1) is 5.92 Å². The largest absolute Gasteiger partial charge is 0.392 e. The molecule has 0 aliphatic rings. The van der Waals surface area contributed by atoms with Crippen LogP contribution >= 0.6 is 0 Å². The zero-order valence-electron chi connectivity index (χ0n) is 12.0. The van der Waals surface area contributed by atoms with E-state index in [9.17, 15) is 13.5 Å². The Labute approximate surface area is 112 Å². The lowest BCUT2D eigenvalue weighted by Gasteiger charge is -2.22. The predicted molar refractivity (Wildman–Crippen MR) is 74.5 cm³/mol. The van der Waals surface area contributed by atoms with Gasteiger partial charge in [0.05, 0.1) is 6.10 Å². The minimum absolute atomic E-state index is 0.0877. The van der Waals surface area contributed by atoms with Crippen molar-refractivity contribution in [2.45, 2.75) is 53.1 Å². The molecule has 18 heavy (non-hydrogen) atoms. The molecule has 0 bridgehead atoms. The molecule has 0 saturated carbocycles. The summed E-state index contributed by atoms with van der Waals surface area (Å²) in [5.74, 6) is 0.354. The first kappa shape index (κ1) is 17.8. The fourth-order valence-electron chi connectivity index (χ4n) is 1.77. The van der Waals surface area contributed by atoms with Gasteiger partial charge in [-0.15, -0.1) is 0 Å². The molecule has 1 unspecified atom stereocenters. The molecule has 6 heteroatoms. The van der Waals surface area contributed by atoms with E-state index in [2.05, 4.69) is 4.72 Å². The molecule has 0 aromatic carbocycles. The Hall–Kier alpha value is -0.170. The molecule has 0 heterocycles. The standard InChI is InChI=1S/C12H28N2O3S/c1-5-7-14(8-6-2)18(16,17)13-10-12(15)9-11(3)4/h11-13,15H,5-10H2,1-4H3. The highest BCUT2D eigenvalue weighted by atomic mass is 32.2. The molecular weight excluding hydrogens is 252 g/mol. The summed E-state index contributed by atoms with van der Waals surface area (Å²) < 4.78 is 27.9. The first-order valence-electron chi connectivity index (χ1n) is 6.76. The van der Waals surface area contributed by atoms with Crippen LogP contribution in [0.5, 0.6) is 0 Å². The van der Waals surface area contributed by atoms with Crippen molar-refractivity contribution in [3.8, 4) is 0 Å². The van der Waals surface area contributed by atoms with Gasteiger partial charge < -0.3 is 5.11 Å². The topological polar surface area (TPSA) is 69.6 Å². The molecule has 1 atom stereocenters. The van der Waals surface area contributed by atoms with E-state index in [0.717, 1.165) is 12.8 Å². The highest BCUT2D eigenvalue weighted by molar-refractivity contribution is 7.87. The zero-order valence-corrected chi connectivity index (χ0v) is 12.8. The van der Waals surface area contributed by atoms with E-state index >= 15 is 0 Å². The molecular formula is C12H28N2O3S. The van der Waals surface area contributed by atoms with Gasteiger partial charge in [-0.05, 0) is 25.2 Å². The molecule has 0 aromatic rings. The number of nitrogens with one attached hydrogen (secondary N) is 1. The Morgan fingerprint density at radius 2 is 1.67 bits per heavy atom. The molecule has 0 aliphatic heterocycles. The number of aliphatic hydroxyl groups is 1. The van der Waals surface area contributed by atoms with E-state index < -0.39 is 16.3 Å². The van der Waals surface area contributed by atoms with E-state index in [4.69, 9.17) is 0 Å². The monoisotopic (exact) mass is 280 g/mol. The molecule has 0 aromatic heterocycles. The second-order valence-corrected chi connectivity index (χ2v) is 6.79. The number of hydrogen-bond acceptors (Lipinski definition) is 3. The van der Waals surface area contributed by atoms with Crippen molar-refractivity contribution >= 4 is 10.2 Å². The minimum Gasteiger partial charge on any atom is -0.392 e. The fourth-order valence-corrected chi connectivity index (χ4v) is 3.20. The highest BCUT2D eigenvalue weighted by Crippen LogP contribution is 2.05. The molecule has 0 saturated heterocycles. The molecule has 0 amide bonds. The summed E-state index contributed by atoms with van der Waals surface area (Å²) in [5.41, 5.74) is 0. The lowest BCUT2D eigenvalue weighted by Crippen LogP contribution is -2.44. The van der Waals surface area contributed by atoms with Crippen LogP contribution < -0.4 is 4.72 Å². The van der Waals surface area contributed by atoms with Gasteiger partial charge in [-0.3, -0.25) is 0 Å². The van der Waals surface area contributed by atoms with Gasteiger partial charge in [0.25, 0.3) is 10.2 Å². The Morgan fingerprint density at radius 1 is 1.17 bits per heavy atom. The van der Waals surface area contributed by atoms with E-state index in [1.807, 2.05) is 27.7 Å². The maximum absolute atomic E-state index is 12.0. The molecule has 5 nitrogen and oxygen atoms in total.